The van der Waals surface area contributed by atoms with Crippen molar-refractivity contribution in [2.75, 3.05) is 27.4 Å². The summed E-state index contributed by atoms with van der Waals surface area (Å²) in [5, 5.41) is 0. The SMILES string of the molecule is COCCO[C@H]1CCC[C@@](NS(=O)(=O)c2ccc(Br)cc2)(C(=O)OC)C1. The minimum absolute atomic E-state index is 0.0893. The summed E-state index contributed by atoms with van der Waals surface area (Å²) in [6.45, 7) is 0.824. The number of esters is 1. The number of carbonyl (C=O) groups is 1. The largest absolute Gasteiger partial charge is 0.468 e. The van der Waals surface area contributed by atoms with Gasteiger partial charge in [0.05, 0.1) is 31.3 Å². The number of sulfonamides is 1. The zero-order valence-corrected chi connectivity index (χ0v) is 17.3. The van der Waals surface area contributed by atoms with E-state index in [1.54, 1.807) is 19.2 Å². The first-order valence-electron chi connectivity index (χ1n) is 8.31. The van der Waals surface area contributed by atoms with Crippen molar-refractivity contribution in [3.8, 4) is 0 Å². The average Bonchev–Trinajstić information content (AvgIpc) is 2.61. The van der Waals surface area contributed by atoms with Crippen molar-refractivity contribution >= 4 is 31.9 Å². The Bertz CT molecular complexity index is 708. The van der Waals surface area contributed by atoms with E-state index >= 15 is 0 Å². The van der Waals surface area contributed by atoms with Crippen molar-refractivity contribution in [2.24, 2.45) is 0 Å². The molecule has 0 heterocycles. The van der Waals surface area contributed by atoms with Gasteiger partial charge >= 0.3 is 5.97 Å². The second-order valence-corrected chi connectivity index (χ2v) is 8.81. The topological polar surface area (TPSA) is 90.9 Å². The molecule has 1 fully saturated rings. The molecule has 0 radical (unpaired) electrons. The van der Waals surface area contributed by atoms with Gasteiger partial charge < -0.3 is 14.2 Å². The van der Waals surface area contributed by atoms with E-state index in [0.717, 1.165) is 10.9 Å². The third-order valence-corrected chi connectivity index (χ3v) is 6.46. The smallest absolute Gasteiger partial charge is 0.327 e. The molecule has 0 amide bonds. The highest BCUT2D eigenvalue weighted by Gasteiger charge is 2.47. The highest BCUT2D eigenvalue weighted by molar-refractivity contribution is 9.10. The predicted octanol–water partition coefficient (Wildman–Crippen LogP) is 2.24. The standard InChI is InChI=1S/C17H24BrNO6S/c1-23-10-11-25-14-4-3-9-17(12-14,16(20)24-2)19-26(21,22)15-7-5-13(18)6-8-15/h5-8,14,19H,3-4,9-12H2,1-2H3/t14-,17-/m0/s1. The second-order valence-electron chi connectivity index (χ2n) is 6.22. The van der Waals surface area contributed by atoms with Crippen molar-refractivity contribution < 1.29 is 27.4 Å². The highest BCUT2D eigenvalue weighted by atomic mass is 79.9. The summed E-state index contributed by atoms with van der Waals surface area (Å²) < 4.78 is 44.6. The molecular formula is C17H24BrNO6S. The Morgan fingerprint density at radius 3 is 2.58 bits per heavy atom. The van der Waals surface area contributed by atoms with Gasteiger partial charge in [-0.05, 0) is 43.5 Å². The minimum Gasteiger partial charge on any atom is -0.468 e. The van der Waals surface area contributed by atoms with E-state index in [4.69, 9.17) is 14.2 Å². The van der Waals surface area contributed by atoms with E-state index in [9.17, 15) is 13.2 Å². The molecule has 1 saturated carbocycles. The molecule has 0 bridgehead atoms. The summed E-state index contributed by atoms with van der Waals surface area (Å²) in [5.41, 5.74) is -1.34. The summed E-state index contributed by atoms with van der Waals surface area (Å²) in [4.78, 5) is 12.6. The number of nitrogens with one attached hydrogen (secondary N) is 1. The van der Waals surface area contributed by atoms with Gasteiger partial charge in [-0.25, -0.2) is 8.42 Å². The van der Waals surface area contributed by atoms with Gasteiger partial charge in [0.1, 0.15) is 5.54 Å². The molecule has 2 rings (SSSR count). The van der Waals surface area contributed by atoms with Gasteiger partial charge in [-0.1, -0.05) is 15.9 Å². The van der Waals surface area contributed by atoms with Crippen LogP contribution in [0.3, 0.4) is 0 Å². The summed E-state index contributed by atoms with van der Waals surface area (Å²) in [5.74, 6) is -0.599. The molecule has 26 heavy (non-hydrogen) atoms. The normalized spacial score (nSPS) is 23.6. The Labute approximate surface area is 162 Å². The number of benzene rings is 1. The summed E-state index contributed by atoms with van der Waals surface area (Å²) in [6.07, 6.45) is 1.74. The molecule has 9 heteroatoms. The van der Waals surface area contributed by atoms with Crippen LogP contribution in [-0.2, 0) is 29.0 Å². The number of ether oxygens (including phenoxy) is 3. The zero-order chi connectivity index (χ0) is 19.2. The molecule has 1 aromatic rings. The maximum Gasteiger partial charge on any atom is 0.327 e. The number of methoxy groups -OCH3 is 2. The lowest BCUT2D eigenvalue weighted by Gasteiger charge is -2.38. The monoisotopic (exact) mass is 449 g/mol. The zero-order valence-electron chi connectivity index (χ0n) is 14.9. The first-order valence-corrected chi connectivity index (χ1v) is 10.6. The second kappa shape index (κ2) is 9.27. The molecule has 0 spiro atoms. The molecule has 146 valence electrons. The molecule has 0 aliphatic heterocycles. The Morgan fingerprint density at radius 1 is 1.27 bits per heavy atom. The van der Waals surface area contributed by atoms with Crippen molar-refractivity contribution in [2.45, 2.75) is 42.2 Å². The van der Waals surface area contributed by atoms with Crippen LogP contribution in [0.1, 0.15) is 25.7 Å². The summed E-state index contributed by atoms with van der Waals surface area (Å²) in [7, 11) is -1.05. The lowest BCUT2D eigenvalue weighted by atomic mass is 9.81. The Balaban J connectivity index is 2.23. The Morgan fingerprint density at radius 2 is 1.96 bits per heavy atom. The summed E-state index contributed by atoms with van der Waals surface area (Å²) in [6, 6.07) is 6.23. The first-order chi connectivity index (χ1) is 12.3. The summed E-state index contributed by atoms with van der Waals surface area (Å²) >= 11 is 3.28. The first kappa shape index (κ1) is 21.3. The van der Waals surface area contributed by atoms with Crippen LogP contribution in [-0.4, -0.2) is 53.5 Å². The average molecular weight is 450 g/mol. The van der Waals surface area contributed by atoms with E-state index in [1.165, 1.54) is 19.2 Å². The third-order valence-electron chi connectivity index (χ3n) is 4.38. The van der Waals surface area contributed by atoms with Crippen molar-refractivity contribution in [3.63, 3.8) is 0 Å². The quantitative estimate of drug-likeness (QED) is 0.483. The molecule has 2 atom stereocenters. The molecule has 7 nitrogen and oxygen atoms in total. The third kappa shape index (κ3) is 5.26. The van der Waals surface area contributed by atoms with Gasteiger partial charge in [0.2, 0.25) is 10.0 Å². The molecule has 0 saturated heterocycles. The van der Waals surface area contributed by atoms with E-state index in [0.29, 0.717) is 26.1 Å². The van der Waals surface area contributed by atoms with E-state index in [2.05, 4.69) is 20.7 Å². The van der Waals surface area contributed by atoms with Crippen LogP contribution in [0.25, 0.3) is 0 Å². The maximum atomic E-state index is 12.8. The van der Waals surface area contributed by atoms with Crippen molar-refractivity contribution in [1.29, 1.82) is 0 Å². The Hall–Kier alpha value is -1.00. The van der Waals surface area contributed by atoms with Gasteiger partial charge in [-0.15, -0.1) is 0 Å². The fourth-order valence-corrected chi connectivity index (χ4v) is 4.77. The van der Waals surface area contributed by atoms with Gasteiger partial charge in [-0.3, -0.25) is 4.79 Å². The van der Waals surface area contributed by atoms with Gasteiger partial charge in [0.15, 0.2) is 0 Å². The Kier molecular flexibility index (Phi) is 7.60. The van der Waals surface area contributed by atoms with Gasteiger partial charge in [0, 0.05) is 18.0 Å². The van der Waals surface area contributed by atoms with Crippen LogP contribution >= 0.6 is 15.9 Å². The molecule has 0 aromatic heterocycles. The van der Waals surface area contributed by atoms with Crippen LogP contribution in [0.2, 0.25) is 0 Å². The predicted molar refractivity (Wildman–Crippen MR) is 99.3 cm³/mol. The molecular weight excluding hydrogens is 426 g/mol. The molecule has 1 aromatic carbocycles. The number of hydrogen-bond donors (Lipinski definition) is 1. The van der Waals surface area contributed by atoms with Crippen molar-refractivity contribution in [1.82, 2.24) is 4.72 Å². The number of rotatable bonds is 8. The highest BCUT2D eigenvalue weighted by Crippen LogP contribution is 2.33. The van der Waals surface area contributed by atoms with Gasteiger partial charge in [-0.2, -0.15) is 4.72 Å². The molecule has 1 N–H and O–H groups in total. The molecule has 1 aliphatic rings. The van der Waals surface area contributed by atoms with Crippen LogP contribution in [0.4, 0.5) is 0 Å². The van der Waals surface area contributed by atoms with Crippen molar-refractivity contribution in [3.05, 3.63) is 28.7 Å². The molecule has 1 aliphatic carbocycles. The lowest BCUT2D eigenvalue weighted by molar-refractivity contribution is -0.151. The van der Waals surface area contributed by atoms with Gasteiger partial charge in [0.25, 0.3) is 0 Å². The van der Waals surface area contributed by atoms with Crippen LogP contribution < -0.4 is 4.72 Å². The van der Waals surface area contributed by atoms with E-state index in [-0.39, 0.29) is 17.4 Å². The number of halogens is 1. The fourth-order valence-electron chi connectivity index (χ4n) is 3.11. The van der Waals surface area contributed by atoms with Crippen LogP contribution in [0.5, 0.6) is 0 Å². The fraction of sp³-hybridized carbons (Fsp3) is 0.588. The van der Waals surface area contributed by atoms with E-state index < -0.39 is 21.5 Å². The lowest BCUT2D eigenvalue weighted by Crippen LogP contribution is -2.58. The van der Waals surface area contributed by atoms with Crippen LogP contribution in [0.15, 0.2) is 33.6 Å². The minimum atomic E-state index is -3.89. The van der Waals surface area contributed by atoms with Crippen LogP contribution in [0, 0.1) is 0 Å². The molecule has 0 unspecified atom stereocenters. The maximum absolute atomic E-state index is 12.8. The number of hydrogen-bond acceptors (Lipinski definition) is 6. The number of carbonyl (C=O) groups excluding carboxylic acids is 1. The van der Waals surface area contributed by atoms with E-state index in [1.807, 2.05) is 0 Å².